The van der Waals surface area contributed by atoms with Crippen molar-refractivity contribution in [3.8, 4) is 0 Å². The third-order valence-electron chi connectivity index (χ3n) is 3.01. The van der Waals surface area contributed by atoms with Crippen LogP contribution in [0.25, 0.3) is 0 Å². The van der Waals surface area contributed by atoms with E-state index in [9.17, 15) is 4.79 Å². The van der Waals surface area contributed by atoms with Crippen LogP contribution in [0.4, 0.5) is 5.13 Å². The molecule has 1 amide bonds. The number of anilines is 1. The Morgan fingerprint density at radius 1 is 1.39 bits per heavy atom. The Hall–Kier alpha value is -1.86. The lowest BCUT2D eigenvalue weighted by Crippen LogP contribution is -2.32. The summed E-state index contributed by atoms with van der Waals surface area (Å²) in [5, 5.41) is 14.7. The first-order chi connectivity index (χ1) is 11.2. The molecule has 0 spiro atoms. The molecule has 2 rings (SSSR count). The van der Waals surface area contributed by atoms with Crippen LogP contribution in [0.1, 0.15) is 12.5 Å². The van der Waals surface area contributed by atoms with Crippen molar-refractivity contribution in [2.75, 3.05) is 18.4 Å². The lowest BCUT2D eigenvalue weighted by atomic mass is 10.1. The van der Waals surface area contributed by atoms with Gasteiger partial charge in [-0.05, 0) is 18.9 Å². The summed E-state index contributed by atoms with van der Waals surface area (Å²) in [5.41, 5.74) is 1.22. The van der Waals surface area contributed by atoms with E-state index < -0.39 is 0 Å². The second kappa shape index (κ2) is 9.32. The minimum atomic E-state index is -0.203. The predicted octanol–water partition coefficient (Wildman–Crippen LogP) is 2.98. The van der Waals surface area contributed by atoms with Crippen LogP contribution < -0.4 is 10.6 Å². The van der Waals surface area contributed by atoms with Crippen molar-refractivity contribution in [1.29, 1.82) is 0 Å². The molecule has 1 aromatic carbocycles. The fraction of sp³-hybridized carbons (Fsp3) is 0.312. The van der Waals surface area contributed by atoms with Gasteiger partial charge in [-0.25, -0.2) is 0 Å². The Morgan fingerprint density at radius 2 is 2.17 bits per heavy atom. The molecule has 2 aromatic rings. The molecule has 7 heteroatoms. The molecule has 0 unspecified atom stereocenters. The SMILES string of the molecule is C=CCNc1nnc(S[C@H](C)C(=O)NCCc2ccccc2)s1. The maximum Gasteiger partial charge on any atom is 0.233 e. The normalized spacial score (nSPS) is 11.7. The van der Waals surface area contributed by atoms with E-state index in [2.05, 4.69) is 39.5 Å². The molecule has 0 aliphatic carbocycles. The topological polar surface area (TPSA) is 66.9 Å². The van der Waals surface area contributed by atoms with Crippen molar-refractivity contribution in [2.45, 2.75) is 22.9 Å². The van der Waals surface area contributed by atoms with Crippen molar-refractivity contribution in [2.24, 2.45) is 0 Å². The zero-order valence-corrected chi connectivity index (χ0v) is 14.6. The summed E-state index contributed by atoms with van der Waals surface area (Å²) in [6.45, 7) is 6.80. The van der Waals surface area contributed by atoms with Gasteiger partial charge in [0.1, 0.15) is 0 Å². The van der Waals surface area contributed by atoms with E-state index >= 15 is 0 Å². The lowest BCUT2D eigenvalue weighted by Gasteiger charge is -2.10. The second-order valence-corrected chi connectivity index (χ2v) is 7.39. The molecule has 0 fully saturated rings. The van der Waals surface area contributed by atoms with E-state index in [0.29, 0.717) is 13.1 Å². The van der Waals surface area contributed by atoms with Crippen LogP contribution in [0.15, 0.2) is 47.3 Å². The molecule has 0 saturated heterocycles. The standard InChI is InChI=1S/C16H20N4OS2/c1-3-10-18-15-19-20-16(23-15)22-12(2)14(21)17-11-9-13-7-5-4-6-8-13/h3-8,12H,1,9-11H2,2H3,(H,17,21)(H,18,19)/t12-/m1/s1. The molecule has 0 radical (unpaired) electrons. The van der Waals surface area contributed by atoms with Gasteiger partial charge in [-0.15, -0.1) is 16.8 Å². The van der Waals surface area contributed by atoms with Gasteiger partial charge in [0, 0.05) is 13.1 Å². The number of carbonyl (C=O) groups is 1. The van der Waals surface area contributed by atoms with E-state index in [0.717, 1.165) is 15.9 Å². The van der Waals surface area contributed by atoms with E-state index in [-0.39, 0.29) is 11.2 Å². The Kier molecular flexibility index (Phi) is 7.09. The van der Waals surface area contributed by atoms with Gasteiger partial charge in [0.25, 0.3) is 0 Å². The molecular weight excluding hydrogens is 328 g/mol. The van der Waals surface area contributed by atoms with E-state index in [4.69, 9.17) is 0 Å². The Morgan fingerprint density at radius 3 is 2.91 bits per heavy atom. The number of aromatic nitrogens is 2. The van der Waals surface area contributed by atoms with Crippen LogP contribution in [0, 0.1) is 0 Å². The third kappa shape index (κ3) is 6.03. The lowest BCUT2D eigenvalue weighted by molar-refractivity contribution is -0.120. The molecule has 2 N–H and O–H groups in total. The highest BCUT2D eigenvalue weighted by Gasteiger charge is 2.16. The molecule has 0 bridgehead atoms. The minimum Gasteiger partial charge on any atom is -0.357 e. The first-order valence-corrected chi connectivity index (χ1v) is 9.05. The van der Waals surface area contributed by atoms with Gasteiger partial charge < -0.3 is 10.6 Å². The fourth-order valence-corrected chi connectivity index (χ4v) is 3.74. The molecule has 5 nitrogen and oxygen atoms in total. The number of rotatable bonds is 9. The highest BCUT2D eigenvalue weighted by Crippen LogP contribution is 2.28. The summed E-state index contributed by atoms with van der Waals surface area (Å²) in [7, 11) is 0. The van der Waals surface area contributed by atoms with Crippen molar-refractivity contribution in [1.82, 2.24) is 15.5 Å². The molecule has 1 heterocycles. The van der Waals surface area contributed by atoms with Crippen LogP contribution >= 0.6 is 23.1 Å². The predicted molar refractivity (Wildman–Crippen MR) is 97.1 cm³/mol. The van der Waals surface area contributed by atoms with Gasteiger partial charge in [0.15, 0.2) is 4.34 Å². The van der Waals surface area contributed by atoms with Gasteiger partial charge in [0.05, 0.1) is 5.25 Å². The molecule has 0 aliphatic heterocycles. The van der Waals surface area contributed by atoms with E-state index in [1.165, 1.54) is 28.7 Å². The van der Waals surface area contributed by atoms with Crippen LogP contribution in [-0.2, 0) is 11.2 Å². The highest BCUT2D eigenvalue weighted by molar-refractivity contribution is 8.02. The maximum absolute atomic E-state index is 12.1. The molecule has 0 aliphatic rings. The number of carbonyl (C=O) groups excluding carboxylic acids is 1. The Balaban J connectivity index is 1.74. The summed E-state index contributed by atoms with van der Waals surface area (Å²) >= 11 is 2.86. The second-order valence-electron chi connectivity index (χ2n) is 4.83. The van der Waals surface area contributed by atoms with Crippen molar-refractivity contribution in [3.63, 3.8) is 0 Å². The summed E-state index contributed by atoms with van der Waals surface area (Å²) in [4.78, 5) is 12.1. The zero-order valence-electron chi connectivity index (χ0n) is 13.0. The van der Waals surface area contributed by atoms with Crippen molar-refractivity contribution < 1.29 is 4.79 Å². The van der Waals surface area contributed by atoms with Gasteiger partial charge in [-0.3, -0.25) is 4.79 Å². The number of thioether (sulfide) groups is 1. The molecular formula is C16H20N4OS2. The Labute approximate surface area is 144 Å². The molecule has 0 saturated carbocycles. The number of benzene rings is 1. The summed E-state index contributed by atoms with van der Waals surface area (Å²) < 4.78 is 0.780. The van der Waals surface area contributed by atoms with Gasteiger partial charge in [-0.2, -0.15) is 0 Å². The van der Waals surface area contributed by atoms with E-state index in [1.54, 1.807) is 6.08 Å². The van der Waals surface area contributed by atoms with Crippen LogP contribution in [0.2, 0.25) is 0 Å². The van der Waals surface area contributed by atoms with E-state index in [1.807, 2.05) is 25.1 Å². The number of amides is 1. The molecule has 1 atom stereocenters. The molecule has 1 aromatic heterocycles. The summed E-state index contributed by atoms with van der Waals surface area (Å²) in [5.74, 6) is 0.0155. The average Bonchev–Trinajstić information content (AvgIpc) is 3.01. The maximum atomic E-state index is 12.1. The molecule has 122 valence electrons. The number of hydrogen-bond acceptors (Lipinski definition) is 6. The fourth-order valence-electron chi connectivity index (χ4n) is 1.81. The van der Waals surface area contributed by atoms with Gasteiger partial charge >= 0.3 is 0 Å². The first-order valence-electron chi connectivity index (χ1n) is 7.35. The van der Waals surface area contributed by atoms with Crippen molar-refractivity contribution >= 4 is 34.1 Å². The van der Waals surface area contributed by atoms with Gasteiger partial charge in [-0.1, -0.05) is 59.5 Å². The first kappa shape index (κ1) is 17.5. The summed E-state index contributed by atoms with van der Waals surface area (Å²) in [6, 6.07) is 10.1. The number of nitrogens with zero attached hydrogens (tertiary/aromatic N) is 2. The Bertz CT molecular complexity index is 630. The zero-order chi connectivity index (χ0) is 16.5. The minimum absolute atomic E-state index is 0.0155. The van der Waals surface area contributed by atoms with Gasteiger partial charge in [0.2, 0.25) is 11.0 Å². The monoisotopic (exact) mass is 348 g/mol. The van der Waals surface area contributed by atoms with Crippen LogP contribution in [0.3, 0.4) is 0 Å². The highest BCUT2D eigenvalue weighted by atomic mass is 32.2. The number of nitrogens with one attached hydrogen (secondary N) is 2. The average molecular weight is 348 g/mol. The van der Waals surface area contributed by atoms with Crippen LogP contribution in [0.5, 0.6) is 0 Å². The van der Waals surface area contributed by atoms with Crippen molar-refractivity contribution in [3.05, 3.63) is 48.6 Å². The largest absolute Gasteiger partial charge is 0.357 e. The number of hydrogen-bond donors (Lipinski definition) is 2. The summed E-state index contributed by atoms with van der Waals surface area (Å²) in [6.07, 6.45) is 2.59. The molecule has 23 heavy (non-hydrogen) atoms. The third-order valence-corrected chi connectivity index (χ3v) is 5.07. The quantitative estimate of drug-likeness (QED) is 0.539. The van der Waals surface area contributed by atoms with Crippen LogP contribution in [-0.4, -0.2) is 34.4 Å². The smallest absolute Gasteiger partial charge is 0.233 e.